The number of aliphatic hydroxyl groups is 1. The lowest BCUT2D eigenvalue weighted by atomic mass is 9.98. The van der Waals surface area contributed by atoms with Crippen molar-refractivity contribution in [1.82, 2.24) is 4.90 Å². The first-order chi connectivity index (χ1) is 7.14. The molecule has 0 aromatic carbocycles. The first kappa shape index (κ1) is 12.9. The van der Waals surface area contributed by atoms with Crippen LogP contribution in [0.5, 0.6) is 0 Å². The molecule has 3 nitrogen and oxygen atoms in total. The van der Waals surface area contributed by atoms with Crippen molar-refractivity contribution in [3.8, 4) is 0 Å². The maximum Gasteiger partial charge on any atom is 0.0608 e. The number of nitrogens with two attached hydrogens (primary N) is 1. The summed E-state index contributed by atoms with van der Waals surface area (Å²) < 4.78 is 0. The number of likely N-dealkylation sites (tertiary alicyclic amines) is 1. The summed E-state index contributed by atoms with van der Waals surface area (Å²) in [6, 6.07) is 0. The number of nitrogens with zero attached hydrogens (tertiary/aromatic N) is 1. The number of rotatable bonds is 5. The van der Waals surface area contributed by atoms with E-state index in [9.17, 15) is 0 Å². The van der Waals surface area contributed by atoms with Crippen LogP contribution in [0.3, 0.4) is 0 Å². The summed E-state index contributed by atoms with van der Waals surface area (Å²) in [4.78, 5) is 2.54. The third-order valence-electron chi connectivity index (χ3n) is 3.28. The van der Waals surface area contributed by atoms with Gasteiger partial charge in [0.1, 0.15) is 0 Å². The molecule has 0 aliphatic carbocycles. The van der Waals surface area contributed by atoms with E-state index >= 15 is 0 Å². The maximum absolute atomic E-state index is 9.04. The molecular weight excluding hydrogens is 188 g/mol. The molecule has 0 bridgehead atoms. The fourth-order valence-electron chi connectivity index (χ4n) is 2.15. The Morgan fingerprint density at radius 2 is 1.80 bits per heavy atom. The van der Waals surface area contributed by atoms with E-state index in [-0.39, 0.29) is 12.1 Å². The molecule has 1 saturated heterocycles. The zero-order chi connectivity index (χ0) is 11.1. The molecule has 90 valence electrons. The zero-order valence-electron chi connectivity index (χ0n) is 10.0. The first-order valence-corrected chi connectivity index (χ1v) is 6.26. The number of aliphatic hydroxyl groups excluding tert-OH is 1. The largest absolute Gasteiger partial charge is 0.394 e. The van der Waals surface area contributed by atoms with Gasteiger partial charge in [-0.2, -0.15) is 0 Å². The van der Waals surface area contributed by atoms with Crippen LogP contribution in [0, 0.1) is 0 Å². The highest BCUT2D eigenvalue weighted by atomic mass is 16.3. The van der Waals surface area contributed by atoms with Crippen LogP contribution in [-0.4, -0.2) is 41.8 Å². The Kier molecular flexibility index (Phi) is 5.58. The normalized spacial score (nSPS) is 23.4. The van der Waals surface area contributed by atoms with Crippen LogP contribution >= 0.6 is 0 Å². The van der Waals surface area contributed by atoms with E-state index in [4.69, 9.17) is 10.8 Å². The summed E-state index contributed by atoms with van der Waals surface area (Å²) in [5.74, 6) is 0. The molecule has 1 aliphatic heterocycles. The van der Waals surface area contributed by atoms with E-state index in [1.54, 1.807) is 0 Å². The van der Waals surface area contributed by atoms with Gasteiger partial charge in [0.15, 0.2) is 0 Å². The number of hydrogen-bond donors (Lipinski definition) is 2. The molecular formula is C12H26N2O. The minimum atomic E-state index is -0.383. The minimum absolute atomic E-state index is 0.0903. The quantitative estimate of drug-likeness (QED) is 0.726. The van der Waals surface area contributed by atoms with Gasteiger partial charge in [0.2, 0.25) is 0 Å². The molecule has 1 aliphatic rings. The van der Waals surface area contributed by atoms with Crippen LogP contribution < -0.4 is 5.73 Å². The minimum Gasteiger partial charge on any atom is -0.394 e. The SMILES string of the molecule is CC(N)(CO)CCCN1CCCCCC1. The van der Waals surface area contributed by atoms with Gasteiger partial charge in [-0.1, -0.05) is 12.8 Å². The summed E-state index contributed by atoms with van der Waals surface area (Å²) in [5.41, 5.74) is 5.51. The van der Waals surface area contributed by atoms with Crippen LogP contribution in [0.25, 0.3) is 0 Å². The lowest BCUT2D eigenvalue weighted by Crippen LogP contribution is -2.41. The van der Waals surface area contributed by atoms with Crippen LogP contribution in [0.2, 0.25) is 0 Å². The second-order valence-electron chi connectivity index (χ2n) is 5.17. The van der Waals surface area contributed by atoms with Crippen molar-refractivity contribution in [2.45, 2.75) is 51.0 Å². The molecule has 0 aromatic rings. The van der Waals surface area contributed by atoms with E-state index in [0.29, 0.717) is 0 Å². The number of hydrogen-bond acceptors (Lipinski definition) is 3. The Balaban J connectivity index is 2.13. The summed E-state index contributed by atoms with van der Waals surface area (Å²) in [6.07, 6.45) is 7.50. The summed E-state index contributed by atoms with van der Waals surface area (Å²) in [7, 11) is 0. The Bertz CT molecular complexity index is 163. The Hall–Kier alpha value is -0.120. The summed E-state index contributed by atoms with van der Waals surface area (Å²) >= 11 is 0. The van der Waals surface area contributed by atoms with Gasteiger partial charge in [0, 0.05) is 5.54 Å². The van der Waals surface area contributed by atoms with Gasteiger partial charge in [-0.3, -0.25) is 0 Å². The Morgan fingerprint density at radius 1 is 1.20 bits per heavy atom. The lowest BCUT2D eigenvalue weighted by molar-refractivity contribution is 0.188. The average molecular weight is 214 g/mol. The molecule has 0 aromatic heterocycles. The first-order valence-electron chi connectivity index (χ1n) is 6.26. The van der Waals surface area contributed by atoms with Crippen molar-refractivity contribution in [1.29, 1.82) is 0 Å². The van der Waals surface area contributed by atoms with Gasteiger partial charge in [0.25, 0.3) is 0 Å². The van der Waals surface area contributed by atoms with Crippen molar-refractivity contribution in [2.75, 3.05) is 26.2 Å². The van der Waals surface area contributed by atoms with Gasteiger partial charge in [-0.15, -0.1) is 0 Å². The smallest absolute Gasteiger partial charge is 0.0608 e. The second kappa shape index (κ2) is 6.46. The fourth-order valence-corrected chi connectivity index (χ4v) is 2.15. The summed E-state index contributed by atoms with van der Waals surface area (Å²) in [6.45, 7) is 5.66. The molecule has 0 saturated carbocycles. The predicted molar refractivity (Wildman–Crippen MR) is 63.8 cm³/mol. The molecule has 0 spiro atoms. The molecule has 1 unspecified atom stereocenters. The maximum atomic E-state index is 9.04. The molecule has 1 fully saturated rings. The van der Waals surface area contributed by atoms with Gasteiger partial charge >= 0.3 is 0 Å². The second-order valence-corrected chi connectivity index (χ2v) is 5.17. The summed E-state index contributed by atoms with van der Waals surface area (Å²) in [5, 5.41) is 9.04. The van der Waals surface area contributed by atoms with E-state index in [1.807, 2.05) is 6.92 Å². The highest BCUT2D eigenvalue weighted by molar-refractivity contribution is 4.77. The van der Waals surface area contributed by atoms with Crippen LogP contribution in [-0.2, 0) is 0 Å². The van der Waals surface area contributed by atoms with E-state index < -0.39 is 0 Å². The third-order valence-corrected chi connectivity index (χ3v) is 3.28. The third kappa shape index (κ3) is 5.50. The highest BCUT2D eigenvalue weighted by Gasteiger charge is 2.17. The van der Waals surface area contributed by atoms with Crippen molar-refractivity contribution < 1.29 is 5.11 Å². The topological polar surface area (TPSA) is 49.5 Å². The fraction of sp³-hybridized carbons (Fsp3) is 1.00. The molecule has 1 rings (SSSR count). The Labute approximate surface area is 93.6 Å². The van der Waals surface area contributed by atoms with Crippen LogP contribution in [0.15, 0.2) is 0 Å². The van der Waals surface area contributed by atoms with E-state index in [0.717, 1.165) is 19.4 Å². The Morgan fingerprint density at radius 3 is 2.33 bits per heavy atom. The molecule has 0 amide bonds. The van der Waals surface area contributed by atoms with Crippen LogP contribution in [0.1, 0.15) is 45.4 Å². The van der Waals surface area contributed by atoms with Crippen molar-refractivity contribution >= 4 is 0 Å². The monoisotopic (exact) mass is 214 g/mol. The van der Waals surface area contributed by atoms with Gasteiger partial charge in [-0.05, 0) is 52.2 Å². The molecule has 1 heterocycles. The van der Waals surface area contributed by atoms with Crippen LogP contribution in [0.4, 0.5) is 0 Å². The molecule has 0 radical (unpaired) electrons. The molecule has 15 heavy (non-hydrogen) atoms. The van der Waals surface area contributed by atoms with Crippen molar-refractivity contribution in [3.05, 3.63) is 0 Å². The molecule has 3 heteroatoms. The van der Waals surface area contributed by atoms with Crippen molar-refractivity contribution in [2.24, 2.45) is 5.73 Å². The van der Waals surface area contributed by atoms with Gasteiger partial charge < -0.3 is 15.7 Å². The standard InChI is InChI=1S/C12H26N2O/c1-12(13,11-15)7-6-10-14-8-4-2-3-5-9-14/h15H,2-11,13H2,1H3. The lowest BCUT2D eigenvalue weighted by Gasteiger charge is -2.24. The molecule has 3 N–H and O–H groups in total. The zero-order valence-corrected chi connectivity index (χ0v) is 10.0. The van der Waals surface area contributed by atoms with E-state index in [1.165, 1.54) is 38.8 Å². The van der Waals surface area contributed by atoms with E-state index in [2.05, 4.69) is 4.90 Å². The van der Waals surface area contributed by atoms with Gasteiger partial charge in [0.05, 0.1) is 6.61 Å². The predicted octanol–water partition coefficient (Wildman–Crippen LogP) is 1.35. The average Bonchev–Trinajstić information content (AvgIpc) is 2.46. The highest BCUT2D eigenvalue weighted by Crippen LogP contribution is 2.12. The molecule has 1 atom stereocenters. The van der Waals surface area contributed by atoms with Gasteiger partial charge in [-0.25, -0.2) is 0 Å². The van der Waals surface area contributed by atoms with Crippen molar-refractivity contribution in [3.63, 3.8) is 0 Å².